The van der Waals surface area contributed by atoms with Crippen molar-refractivity contribution < 1.29 is 19.4 Å². The first-order valence-electron chi connectivity index (χ1n) is 13.5. The van der Waals surface area contributed by atoms with Gasteiger partial charge in [0.1, 0.15) is 6.10 Å². The molecule has 5 rings (SSSR count). The fourth-order valence-electron chi connectivity index (χ4n) is 5.47. The highest BCUT2D eigenvalue weighted by Crippen LogP contribution is 2.36. The molecular formula is C30H33N5O4. The van der Waals surface area contributed by atoms with Crippen molar-refractivity contribution in [2.75, 3.05) is 6.54 Å². The Hall–Kier alpha value is -4.27. The first-order valence-corrected chi connectivity index (χ1v) is 13.5. The number of carbonyl (C=O) groups excluding carboxylic acids is 1. The predicted molar refractivity (Wildman–Crippen MR) is 148 cm³/mol. The molecular weight excluding hydrogens is 494 g/mol. The zero-order chi connectivity index (χ0) is 27.2. The molecule has 1 amide bonds. The number of carbonyl (C=O) groups is 2. The highest BCUT2D eigenvalue weighted by molar-refractivity contribution is 5.90. The molecule has 39 heavy (non-hydrogen) atoms. The lowest BCUT2D eigenvalue weighted by Gasteiger charge is -2.33. The van der Waals surface area contributed by atoms with Crippen molar-refractivity contribution in [3.63, 3.8) is 0 Å². The third-order valence-electron chi connectivity index (χ3n) is 7.77. The monoisotopic (exact) mass is 527 g/mol. The summed E-state index contributed by atoms with van der Waals surface area (Å²) < 4.78 is 5.69. The maximum atomic E-state index is 12.6. The van der Waals surface area contributed by atoms with Crippen LogP contribution >= 0.6 is 0 Å². The zero-order valence-corrected chi connectivity index (χ0v) is 22.0. The first-order chi connectivity index (χ1) is 19.0. The molecule has 1 aliphatic rings. The molecule has 1 aromatic heterocycles. The average molecular weight is 528 g/mol. The topological polar surface area (TPSA) is 130 Å². The van der Waals surface area contributed by atoms with E-state index in [1.165, 1.54) is 0 Å². The van der Waals surface area contributed by atoms with Gasteiger partial charge in [0.15, 0.2) is 5.82 Å². The number of hydrogen-bond acceptors (Lipinski definition) is 6. The number of tetrazole rings is 1. The second-order valence-electron chi connectivity index (χ2n) is 10.3. The van der Waals surface area contributed by atoms with Gasteiger partial charge in [-0.2, -0.15) is 0 Å². The Morgan fingerprint density at radius 2 is 1.77 bits per heavy atom. The van der Waals surface area contributed by atoms with Crippen LogP contribution in [0.1, 0.15) is 51.0 Å². The Morgan fingerprint density at radius 3 is 2.49 bits per heavy atom. The molecule has 9 nitrogen and oxygen atoms in total. The Morgan fingerprint density at radius 1 is 1.03 bits per heavy atom. The first kappa shape index (κ1) is 26.3. The molecule has 1 saturated carbocycles. The minimum absolute atomic E-state index is 0.103. The number of benzene rings is 3. The number of hydrogen-bond donors (Lipinski definition) is 3. The maximum absolute atomic E-state index is 12.6. The molecule has 202 valence electrons. The van der Waals surface area contributed by atoms with Gasteiger partial charge in [0, 0.05) is 18.5 Å². The van der Waals surface area contributed by atoms with Gasteiger partial charge in [0.2, 0.25) is 0 Å². The smallest absolute Gasteiger partial charge is 0.407 e. The van der Waals surface area contributed by atoms with Crippen molar-refractivity contribution >= 4 is 22.8 Å². The van der Waals surface area contributed by atoms with Crippen LogP contribution in [0.3, 0.4) is 0 Å². The number of nitrogens with one attached hydrogen (secondary N) is 2. The van der Waals surface area contributed by atoms with Crippen molar-refractivity contribution in [3.8, 4) is 22.5 Å². The van der Waals surface area contributed by atoms with E-state index in [1.54, 1.807) is 0 Å². The molecule has 0 aliphatic heterocycles. The largest absolute Gasteiger partial charge is 0.481 e. The van der Waals surface area contributed by atoms with Crippen molar-refractivity contribution in [3.05, 3.63) is 66.2 Å². The number of fused-ring (bicyclic) bond motifs is 1. The fourth-order valence-corrected chi connectivity index (χ4v) is 5.47. The third-order valence-corrected chi connectivity index (χ3v) is 7.77. The van der Waals surface area contributed by atoms with Crippen molar-refractivity contribution in [2.45, 2.75) is 58.0 Å². The molecule has 1 aliphatic carbocycles. The number of alkyl carbamates (subject to hydrolysis) is 1. The van der Waals surface area contributed by atoms with Crippen LogP contribution in [0.4, 0.5) is 4.79 Å². The Kier molecular flexibility index (Phi) is 7.86. The number of nitrogens with zero attached hydrogens (tertiary/aromatic N) is 3. The number of rotatable bonds is 9. The summed E-state index contributed by atoms with van der Waals surface area (Å²) in [6.45, 7) is 2.08. The summed E-state index contributed by atoms with van der Waals surface area (Å²) in [5, 5.41) is 29.0. The highest BCUT2D eigenvalue weighted by Gasteiger charge is 2.40. The van der Waals surface area contributed by atoms with E-state index in [-0.39, 0.29) is 12.6 Å². The third kappa shape index (κ3) is 5.92. The van der Waals surface area contributed by atoms with Gasteiger partial charge in [-0.1, -0.05) is 80.8 Å². The van der Waals surface area contributed by atoms with Crippen LogP contribution < -0.4 is 5.32 Å². The molecule has 9 heteroatoms. The zero-order valence-electron chi connectivity index (χ0n) is 22.0. The van der Waals surface area contributed by atoms with Crippen LogP contribution in [0.25, 0.3) is 33.3 Å². The van der Waals surface area contributed by atoms with E-state index < -0.39 is 17.5 Å². The summed E-state index contributed by atoms with van der Waals surface area (Å²) in [6, 6.07) is 20.6. The van der Waals surface area contributed by atoms with Crippen LogP contribution in [-0.2, 0) is 16.0 Å². The lowest BCUT2D eigenvalue weighted by atomic mass is 9.74. The minimum atomic E-state index is -0.886. The second-order valence-corrected chi connectivity index (χ2v) is 10.3. The number of aromatic amines is 1. The van der Waals surface area contributed by atoms with E-state index >= 15 is 0 Å². The van der Waals surface area contributed by atoms with Gasteiger partial charge in [-0.15, -0.1) is 5.10 Å². The predicted octanol–water partition coefficient (Wildman–Crippen LogP) is 5.77. The summed E-state index contributed by atoms with van der Waals surface area (Å²) in [6.07, 6.45) is 4.32. The summed E-state index contributed by atoms with van der Waals surface area (Å²) in [5.74, 6) is -0.222. The maximum Gasteiger partial charge on any atom is 0.407 e. The number of carboxylic acids is 1. The van der Waals surface area contributed by atoms with Crippen molar-refractivity contribution in [1.29, 1.82) is 0 Å². The molecule has 3 N–H and O–H groups in total. The van der Waals surface area contributed by atoms with Crippen LogP contribution in [0.15, 0.2) is 60.7 Å². The Bertz CT molecular complexity index is 1450. The molecule has 1 fully saturated rings. The number of amides is 1. The van der Waals surface area contributed by atoms with Crippen LogP contribution in [0, 0.1) is 5.41 Å². The Labute approximate surface area is 227 Å². The molecule has 0 saturated heterocycles. The van der Waals surface area contributed by atoms with E-state index in [1.807, 2.05) is 31.2 Å². The molecule has 0 spiro atoms. The summed E-state index contributed by atoms with van der Waals surface area (Å²) >= 11 is 0. The van der Waals surface area contributed by atoms with Gasteiger partial charge < -0.3 is 15.2 Å². The molecule has 1 atom stereocenters. The summed E-state index contributed by atoms with van der Waals surface area (Å²) in [5.41, 5.74) is 3.20. The highest BCUT2D eigenvalue weighted by atomic mass is 16.6. The van der Waals surface area contributed by atoms with Crippen LogP contribution in [-0.4, -0.2) is 50.4 Å². The van der Waals surface area contributed by atoms with E-state index in [0.29, 0.717) is 31.5 Å². The van der Waals surface area contributed by atoms with E-state index in [2.05, 4.69) is 62.3 Å². The fraction of sp³-hybridized carbons (Fsp3) is 0.367. The Balaban J connectivity index is 1.25. The number of aliphatic carboxylic acids is 1. The quantitative estimate of drug-likeness (QED) is 0.252. The normalized spacial score (nSPS) is 15.5. The average Bonchev–Trinajstić information content (AvgIpc) is 3.51. The standard InChI is InChI=1S/C30H33N5O4/c1-2-24(39-29(38)31-19-30(28(36)37)14-6-3-7-15-30)17-20-10-11-22-18-23(13-12-21(22)16-20)25-8-4-5-9-26(25)27-32-34-35-33-27/h4-5,8-13,16,18,24H,2-3,6-7,14-15,17,19H2,1H3,(H,31,38)(H,36,37)(H,32,33,34,35). The molecule has 4 aromatic rings. The van der Waals surface area contributed by atoms with E-state index in [4.69, 9.17) is 4.74 Å². The number of carboxylic acid groups (broad SMARTS) is 1. The van der Waals surface area contributed by atoms with Crippen molar-refractivity contribution in [2.24, 2.45) is 5.41 Å². The minimum Gasteiger partial charge on any atom is -0.481 e. The van der Waals surface area contributed by atoms with Gasteiger partial charge >= 0.3 is 12.1 Å². The van der Waals surface area contributed by atoms with Gasteiger partial charge in [0.05, 0.1) is 5.41 Å². The van der Waals surface area contributed by atoms with Gasteiger partial charge in [-0.25, -0.2) is 9.89 Å². The second kappa shape index (κ2) is 11.6. The summed E-state index contributed by atoms with van der Waals surface area (Å²) in [4.78, 5) is 24.5. The number of H-pyrrole nitrogens is 1. The molecule has 1 heterocycles. The van der Waals surface area contributed by atoms with Crippen molar-refractivity contribution in [1.82, 2.24) is 25.9 Å². The van der Waals surface area contributed by atoms with Gasteiger partial charge in [0.25, 0.3) is 0 Å². The van der Waals surface area contributed by atoms with Gasteiger partial charge in [-0.05, 0) is 63.2 Å². The number of aromatic nitrogens is 4. The lowest BCUT2D eigenvalue weighted by molar-refractivity contribution is -0.150. The molecule has 0 radical (unpaired) electrons. The number of ether oxygens (including phenoxy) is 1. The van der Waals surface area contributed by atoms with E-state index in [0.717, 1.165) is 52.3 Å². The SMILES string of the molecule is CCC(Cc1ccc2cc(-c3ccccc3-c3nnn[nH]3)ccc2c1)OC(=O)NCC1(C(=O)O)CCCCC1. The molecule has 1 unspecified atom stereocenters. The molecule has 0 bridgehead atoms. The van der Waals surface area contributed by atoms with Crippen LogP contribution in [0.5, 0.6) is 0 Å². The lowest BCUT2D eigenvalue weighted by Crippen LogP contribution is -2.45. The van der Waals surface area contributed by atoms with Crippen LogP contribution in [0.2, 0.25) is 0 Å². The molecule has 3 aromatic carbocycles. The summed E-state index contributed by atoms with van der Waals surface area (Å²) in [7, 11) is 0. The van der Waals surface area contributed by atoms with Gasteiger partial charge in [-0.3, -0.25) is 4.79 Å². The van der Waals surface area contributed by atoms with E-state index in [9.17, 15) is 14.7 Å².